The summed E-state index contributed by atoms with van der Waals surface area (Å²) in [5.41, 5.74) is 2.60. The van der Waals surface area contributed by atoms with Crippen molar-refractivity contribution in [3.63, 3.8) is 0 Å². The van der Waals surface area contributed by atoms with Crippen molar-refractivity contribution in [2.75, 3.05) is 33.2 Å². The Labute approximate surface area is 173 Å². The van der Waals surface area contributed by atoms with Crippen LogP contribution in [0.1, 0.15) is 24.0 Å². The van der Waals surface area contributed by atoms with Gasteiger partial charge in [0.05, 0.1) is 0 Å². The molecule has 1 aliphatic heterocycles. The highest BCUT2D eigenvalue weighted by molar-refractivity contribution is 5.84. The summed E-state index contributed by atoms with van der Waals surface area (Å²) in [4.78, 5) is 9.26. The molecule has 3 aromatic rings. The molecule has 0 N–H and O–H groups in total. The van der Waals surface area contributed by atoms with Gasteiger partial charge in [0.2, 0.25) is 0 Å². The molecule has 2 heterocycles. The van der Waals surface area contributed by atoms with E-state index in [1.807, 2.05) is 24.5 Å². The largest absolute Gasteiger partial charge is 0.303 e. The van der Waals surface area contributed by atoms with Gasteiger partial charge in [0.25, 0.3) is 0 Å². The summed E-state index contributed by atoms with van der Waals surface area (Å²) < 4.78 is 13.0. The molecule has 0 radical (unpaired) electrons. The van der Waals surface area contributed by atoms with Crippen LogP contribution in [0.2, 0.25) is 0 Å². The second-order valence-corrected chi connectivity index (χ2v) is 8.37. The Kier molecular flexibility index (Phi) is 6.53. The molecule has 2 aromatic carbocycles. The summed E-state index contributed by atoms with van der Waals surface area (Å²) in [6.45, 7) is 5.52. The quantitative estimate of drug-likeness (QED) is 0.579. The second kappa shape index (κ2) is 9.47. The number of pyridine rings is 1. The summed E-state index contributed by atoms with van der Waals surface area (Å²) in [6, 6.07) is 15.5. The molecule has 1 aliphatic rings. The van der Waals surface area contributed by atoms with Crippen LogP contribution in [-0.2, 0) is 13.0 Å². The molecule has 29 heavy (non-hydrogen) atoms. The Morgan fingerprint density at radius 1 is 1.07 bits per heavy atom. The van der Waals surface area contributed by atoms with Crippen LogP contribution >= 0.6 is 0 Å². The van der Waals surface area contributed by atoms with E-state index in [2.05, 4.69) is 46.1 Å². The van der Waals surface area contributed by atoms with Crippen LogP contribution < -0.4 is 0 Å². The van der Waals surface area contributed by atoms with Gasteiger partial charge in [-0.15, -0.1) is 0 Å². The third-order valence-electron chi connectivity index (χ3n) is 6.12. The van der Waals surface area contributed by atoms with Crippen LogP contribution in [0.5, 0.6) is 0 Å². The lowest BCUT2D eigenvalue weighted by molar-refractivity contribution is 0.153. The van der Waals surface area contributed by atoms with E-state index in [1.54, 1.807) is 12.1 Å². The number of piperidine rings is 1. The zero-order valence-electron chi connectivity index (χ0n) is 17.2. The zero-order chi connectivity index (χ0) is 20.1. The Balaban J connectivity index is 1.23. The minimum absolute atomic E-state index is 0.154. The standard InChI is InChI=1S/C25H30FN3/c1-28(19-23-4-2-3-22-17-27-13-9-25(22)23)18-21-11-15-29(16-12-21)14-10-20-5-7-24(26)8-6-20/h2-9,13,17,21H,10-12,14-16,18-19H2,1H3. The number of fused-ring (bicyclic) bond motifs is 1. The van der Waals surface area contributed by atoms with Crippen LogP contribution in [0, 0.1) is 11.7 Å². The predicted octanol–water partition coefficient (Wildman–Crippen LogP) is 4.76. The van der Waals surface area contributed by atoms with Crippen LogP contribution in [0.15, 0.2) is 60.9 Å². The molecular weight excluding hydrogens is 361 g/mol. The third kappa shape index (κ3) is 5.40. The van der Waals surface area contributed by atoms with Gasteiger partial charge in [-0.05, 0) is 80.0 Å². The van der Waals surface area contributed by atoms with E-state index in [0.29, 0.717) is 0 Å². The average molecular weight is 392 g/mol. The highest BCUT2D eigenvalue weighted by Crippen LogP contribution is 2.22. The highest BCUT2D eigenvalue weighted by Gasteiger charge is 2.20. The van der Waals surface area contributed by atoms with Gasteiger partial charge in [-0.2, -0.15) is 0 Å². The Morgan fingerprint density at radius 3 is 2.66 bits per heavy atom. The number of benzene rings is 2. The van der Waals surface area contributed by atoms with Crippen molar-refractivity contribution in [2.45, 2.75) is 25.8 Å². The first-order chi connectivity index (χ1) is 14.2. The third-order valence-corrected chi connectivity index (χ3v) is 6.12. The van der Waals surface area contributed by atoms with Gasteiger partial charge in [-0.25, -0.2) is 4.39 Å². The van der Waals surface area contributed by atoms with Crippen molar-refractivity contribution in [3.05, 3.63) is 77.9 Å². The number of hydrogen-bond donors (Lipinski definition) is 0. The molecule has 4 heteroatoms. The first-order valence-electron chi connectivity index (χ1n) is 10.6. The van der Waals surface area contributed by atoms with Crippen molar-refractivity contribution < 1.29 is 4.39 Å². The maximum Gasteiger partial charge on any atom is 0.123 e. The van der Waals surface area contributed by atoms with Gasteiger partial charge in [0.15, 0.2) is 0 Å². The van der Waals surface area contributed by atoms with Crippen molar-refractivity contribution in [1.82, 2.24) is 14.8 Å². The number of hydrogen-bond acceptors (Lipinski definition) is 3. The molecule has 0 bridgehead atoms. The zero-order valence-corrected chi connectivity index (χ0v) is 17.2. The fourth-order valence-corrected chi connectivity index (χ4v) is 4.45. The summed E-state index contributed by atoms with van der Waals surface area (Å²) >= 11 is 0. The lowest BCUT2D eigenvalue weighted by atomic mass is 9.95. The minimum Gasteiger partial charge on any atom is -0.303 e. The molecule has 0 saturated carbocycles. The average Bonchev–Trinajstić information content (AvgIpc) is 2.75. The van der Waals surface area contributed by atoms with Crippen LogP contribution in [0.4, 0.5) is 4.39 Å². The number of halogens is 1. The summed E-state index contributed by atoms with van der Waals surface area (Å²) in [6.07, 6.45) is 7.34. The smallest absolute Gasteiger partial charge is 0.123 e. The first kappa shape index (κ1) is 20.0. The molecule has 1 fully saturated rings. The van der Waals surface area contributed by atoms with E-state index < -0.39 is 0 Å². The molecule has 0 spiro atoms. The molecule has 1 saturated heterocycles. The fraction of sp³-hybridized carbons (Fsp3) is 0.400. The lowest BCUT2D eigenvalue weighted by Crippen LogP contribution is -2.38. The number of nitrogens with zero attached hydrogens (tertiary/aromatic N) is 3. The van der Waals surface area contributed by atoms with E-state index in [-0.39, 0.29) is 5.82 Å². The maximum atomic E-state index is 13.0. The van der Waals surface area contributed by atoms with E-state index in [4.69, 9.17) is 0 Å². The molecule has 0 atom stereocenters. The normalized spacial score (nSPS) is 16.0. The molecule has 0 aliphatic carbocycles. The Morgan fingerprint density at radius 2 is 1.86 bits per heavy atom. The van der Waals surface area contributed by atoms with Crippen molar-refractivity contribution >= 4 is 10.8 Å². The van der Waals surface area contributed by atoms with Crippen LogP contribution in [0.25, 0.3) is 10.8 Å². The van der Waals surface area contributed by atoms with Crippen LogP contribution in [-0.4, -0.2) is 48.0 Å². The fourth-order valence-electron chi connectivity index (χ4n) is 4.45. The topological polar surface area (TPSA) is 19.4 Å². The predicted molar refractivity (Wildman–Crippen MR) is 117 cm³/mol. The van der Waals surface area contributed by atoms with E-state index in [9.17, 15) is 4.39 Å². The summed E-state index contributed by atoms with van der Waals surface area (Å²) in [7, 11) is 2.24. The Hall–Kier alpha value is -2.30. The molecule has 152 valence electrons. The summed E-state index contributed by atoms with van der Waals surface area (Å²) in [5.74, 6) is 0.609. The Bertz CT molecular complexity index is 912. The molecule has 1 aromatic heterocycles. The maximum absolute atomic E-state index is 13.0. The van der Waals surface area contributed by atoms with E-state index >= 15 is 0 Å². The molecule has 0 amide bonds. The highest BCUT2D eigenvalue weighted by atomic mass is 19.1. The monoisotopic (exact) mass is 391 g/mol. The van der Waals surface area contributed by atoms with Crippen molar-refractivity contribution in [2.24, 2.45) is 5.92 Å². The van der Waals surface area contributed by atoms with Gasteiger partial charge < -0.3 is 9.80 Å². The van der Waals surface area contributed by atoms with Gasteiger partial charge in [-0.1, -0.05) is 30.3 Å². The van der Waals surface area contributed by atoms with Gasteiger partial charge in [-0.3, -0.25) is 4.98 Å². The molecule has 0 unspecified atom stereocenters. The number of likely N-dealkylation sites (tertiary alicyclic amines) is 1. The molecule has 4 rings (SSSR count). The van der Waals surface area contributed by atoms with Gasteiger partial charge >= 0.3 is 0 Å². The van der Waals surface area contributed by atoms with Gasteiger partial charge in [0.1, 0.15) is 5.82 Å². The first-order valence-corrected chi connectivity index (χ1v) is 10.6. The van der Waals surface area contributed by atoms with E-state index in [0.717, 1.165) is 32.0 Å². The van der Waals surface area contributed by atoms with Gasteiger partial charge in [0, 0.05) is 37.4 Å². The van der Waals surface area contributed by atoms with E-state index in [1.165, 1.54) is 47.8 Å². The molecule has 3 nitrogen and oxygen atoms in total. The summed E-state index contributed by atoms with van der Waals surface area (Å²) in [5, 5.41) is 2.53. The van der Waals surface area contributed by atoms with Crippen molar-refractivity contribution in [3.8, 4) is 0 Å². The molecular formula is C25H30FN3. The number of rotatable bonds is 7. The SMILES string of the molecule is CN(Cc1cccc2cnccc12)CC1CCN(CCc2ccc(F)cc2)CC1. The second-order valence-electron chi connectivity index (χ2n) is 8.37. The number of aromatic nitrogens is 1. The van der Waals surface area contributed by atoms with Crippen LogP contribution in [0.3, 0.4) is 0 Å². The minimum atomic E-state index is -0.154. The lowest BCUT2D eigenvalue weighted by Gasteiger charge is -2.34. The van der Waals surface area contributed by atoms with Crippen molar-refractivity contribution in [1.29, 1.82) is 0 Å².